The van der Waals surface area contributed by atoms with Crippen molar-refractivity contribution in [3.63, 3.8) is 0 Å². The van der Waals surface area contributed by atoms with Gasteiger partial charge in [-0.05, 0) is 12.1 Å². The lowest BCUT2D eigenvalue weighted by Crippen LogP contribution is -2.16. The van der Waals surface area contributed by atoms with Crippen LogP contribution in [0.1, 0.15) is 36.8 Å². The first-order valence-corrected chi connectivity index (χ1v) is 6.94. The Kier molecular flexibility index (Phi) is 4.40. The lowest BCUT2D eigenvalue weighted by atomic mass is 9.93. The number of nitrogens with zero attached hydrogens (tertiary/aromatic N) is 1. The van der Waals surface area contributed by atoms with E-state index in [-0.39, 0.29) is 11.3 Å². The molecule has 0 spiro atoms. The second-order valence-electron chi connectivity index (χ2n) is 5.89. The Morgan fingerprint density at radius 2 is 1.77 bits per heavy atom. The number of methoxy groups -OCH3 is 2. The van der Waals surface area contributed by atoms with E-state index >= 15 is 0 Å². The number of H-pyrrole nitrogens is 1. The van der Waals surface area contributed by atoms with E-state index in [1.54, 1.807) is 24.4 Å². The van der Waals surface area contributed by atoms with E-state index in [2.05, 4.69) is 36.1 Å². The predicted molar refractivity (Wildman–Crippen MR) is 84.8 cm³/mol. The molecular weight excluding hydrogens is 282 g/mol. The van der Waals surface area contributed by atoms with Gasteiger partial charge < -0.3 is 14.5 Å². The maximum Gasteiger partial charge on any atom is 0.265 e. The Balaban J connectivity index is 2.28. The lowest BCUT2D eigenvalue weighted by molar-refractivity contribution is 0.102. The van der Waals surface area contributed by atoms with Crippen LogP contribution >= 0.6 is 0 Å². The van der Waals surface area contributed by atoms with Crippen molar-refractivity contribution in [2.75, 3.05) is 19.5 Å². The molecule has 0 aliphatic heterocycles. The molecule has 0 unspecified atom stereocenters. The average Bonchev–Trinajstić information content (AvgIpc) is 2.94. The summed E-state index contributed by atoms with van der Waals surface area (Å²) in [4.78, 5) is 19.8. The van der Waals surface area contributed by atoms with E-state index in [0.29, 0.717) is 23.0 Å². The third-order valence-corrected chi connectivity index (χ3v) is 3.27. The van der Waals surface area contributed by atoms with Gasteiger partial charge in [-0.3, -0.25) is 10.1 Å². The van der Waals surface area contributed by atoms with Crippen LogP contribution in [0.2, 0.25) is 0 Å². The fourth-order valence-electron chi connectivity index (χ4n) is 2.01. The molecule has 0 aliphatic rings. The van der Waals surface area contributed by atoms with Crippen LogP contribution < -0.4 is 14.8 Å². The van der Waals surface area contributed by atoms with Crippen molar-refractivity contribution in [3.8, 4) is 11.5 Å². The minimum Gasteiger partial charge on any atom is -0.496 e. The number of ether oxygens (including phenoxy) is 2. The predicted octanol–water partition coefficient (Wildman–Crippen LogP) is 2.98. The molecule has 1 aromatic carbocycles. The molecule has 2 N–H and O–H groups in total. The van der Waals surface area contributed by atoms with E-state index in [1.165, 1.54) is 14.2 Å². The highest BCUT2D eigenvalue weighted by atomic mass is 16.5. The van der Waals surface area contributed by atoms with E-state index in [4.69, 9.17) is 9.47 Å². The first kappa shape index (κ1) is 15.9. The quantitative estimate of drug-likeness (QED) is 0.910. The minimum absolute atomic E-state index is 0.0713. The summed E-state index contributed by atoms with van der Waals surface area (Å²) in [6.07, 6.45) is 1.72. The molecule has 0 atom stereocenters. The molecule has 0 aliphatic carbocycles. The second kappa shape index (κ2) is 6.09. The number of benzene rings is 1. The summed E-state index contributed by atoms with van der Waals surface area (Å²) in [6.45, 7) is 6.19. The zero-order valence-electron chi connectivity index (χ0n) is 13.5. The second-order valence-corrected chi connectivity index (χ2v) is 5.89. The number of hydrogen-bond acceptors (Lipinski definition) is 4. The number of rotatable bonds is 4. The molecule has 0 saturated carbocycles. The molecule has 2 rings (SSSR count). The maximum absolute atomic E-state index is 12.5. The van der Waals surface area contributed by atoms with Crippen LogP contribution in [-0.2, 0) is 5.41 Å². The summed E-state index contributed by atoms with van der Waals surface area (Å²) in [5, 5.41) is 2.73. The molecule has 2 aromatic rings. The van der Waals surface area contributed by atoms with Crippen molar-refractivity contribution in [1.82, 2.24) is 9.97 Å². The zero-order valence-corrected chi connectivity index (χ0v) is 13.5. The lowest BCUT2D eigenvalue weighted by Gasteiger charge is -2.15. The zero-order chi connectivity index (χ0) is 16.3. The molecule has 0 fully saturated rings. The fraction of sp³-hybridized carbons (Fsp3) is 0.375. The molecule has 118 valence electrons. The van der Waals surface area contributed by atoms with Gasteiger partial charge in [0.2, 0.25) is 5.95 Å². The van der Waals surface area contributed by atoms with Crippen LogP contribution in [0.5, 0.6) is 11.5 Å². The molecule has 22 heavy (non-hydrogen) atoms. The molecule has 0 radical (unpaired) electrons. The van der Waals surface area contributed by atoms with Crippen LogP contribution in [0.4, 0.5) is 5.95 Å². The van der Waals surface area contributed by atoms with Gasteiger partial charge in [-0.25, -0.2) is 4.98 Å². The summed E-state index contributed by atoms with van der Waals surface area (Å²) in [5.41, 5.74) is 1.20. The van der Waals surface area contributed by atoms with Gasteiger partial charge in [0.25, 0.3) is 5.91 Å². The number of anilines is 1. The standard InChI is InChI=1S/C16H21N3O3/c1-16(2,3)12-9-17-15(18-12)19-14(20)13-10(21-4)7-6-8-11(13)22-5/h6-9H,1-5H3,(H2,17,18,19,20). The summed E-state index contributed by atoms with van der Waals surface area (Å²) in [7, 11) is 3.02. The van der Waals surface area contributed by atoms with Gasteiger partial charge in [0.1, 0.15) is 17.1 Å². The van der Waals surface area contributed by atoms with Gasteiger partial charge in [-0.2, -0.15) is 0 Å². The molecule has 1 heterocycles. The number of aromatic amines is 1. The SMILES string of the molecule is COc1cccc(OC)c1C(=O)Nc1ncc(C(C)(C)C)[nH]1. The highest BCUT2D eigenvalue weighted by molar-refractivity contribution is 6.07. The highest BCUT2D eigenvalue weighted by Gasteiger charge is 2.21. The van der Waals surface area contributed by atoms with Crippen LogP contribution in [0.3, 0.4) is 0 Å². The van der Waals surface area contributed by atoms with Gasteiger partial charge in [0.15, 0.2) is 0 Å². The number of hydrogen-bond donors (Lipinski definition) is 2. The number of nitrogens with one attached hydrogen (secondary N) is 2. The summed E-state index contributed by atoms with van der Waals surface area (Å²) in [6, 6.07) is 5.18. The van der Waals surface area contributed by atoms with Crippen molar-refractivity contribution >= 4 is 11.9 Å². The van der Waals surface area contributed by atoms with E-state index in [1.807, 2.05) is 0 Å². The largest absolute Gasteiger partial charge is 0.496 e. The van der Waals surface area contributed by atoms with E-state index in [9.17, 15) is 4.79 Å². The Morgan fingerprint density at radius 1 is 1.18 bits per heavy atom. The normalized spacial score (nSPS) is 11.1. The minimum atomic E-state index is -0.343. The number of carbonyl (C=O) groups is 1. The molecular formula is C16H21N3O3. The third kappa shape index (κ3) is 3.21. The summed E-state index contributed by atoms with van der Waals surface area (Å²) < 4.78 is 10.5. The van der Waals surface area contributed by atoms with Crippen molar-refractivity contribution in [2.45, 2.75) is 26.2 Å². The van der Waals surface area contributed by atoms with Gasteiger partial charge in [0, 0.05) is 11.1 Å². The van der Waals surface area contributed by atoms with Gasteiger partial charge in [-0.1, -0.05) is 26.8 Å². The topological polar surface area (TPSA) is 76.2 Å². The van der Waals surface area contributed by atoms with Gasteiger partial charge in [0.05, 0.1) is 20.4 Å². The third-order valence-electron chi connectivity index (χ3n) is 3.27. The van der Waals surface area contributed by atoms with E-state index in [0.717, 1.165) is 5.69 Å². The Morgan fingerprint density at radius 3 is 2.23 bits per heavy atom. The van der Waals surface area contributed by atoms with Crippen LogP contribution in [0.25, 0.3) is 0 Å². The monoisotopic (exact) mass is 303 g/mol. The maximum atomic E-state index is 12.5. The van der Waals surface area contributed by atoms with E-state index < -0.39 is 0 Å². The van der Waals surface area contributed by atoms with Crippen molar-refractivity contribution in [3.05, 3.63) is 35.7 Å². The number of imidazole rings is 1. The smallest absolute Gasteiger partial charge is 0.265 e. The van der Waals surface area contributed by atoms with Crippen LogP contribution in [0, 0.1) is 0 Å². The molecule has 0 bridgehead atoms. The van der Waals surface area contributed by atoms with Crippen LogP contribution in [0.15, 0.2) is 24.4 Å². The van der Waals surface area contributed by atoms with Crippen molar-refractivity contribution < 1.29 is 14.3 Å². The molecule has 6 nitrogen and oxygen atoms in total. The summed E-state index contributed by atoms with van der Waals surface area (Å²) in [5.74, 6) is 0.936. The Hall–Kier alpha value is -2.50. The van der Waals surface area contributed by atoms with Gasteiger partial charge in [-0.15, -0.1) is 0 Å². The van der Waals surface area contributed by atoms with Crippen molar-refractivity contribution in [1.29, 1.82) is 0 Å². The molecule has 1 aromatic heterocycles. The summed E-state index contributed by atoms with van der Waals surface area (Å²) >= 11 is 0. The molecule has 0 saturated heterocycles. The van der Waals surface area contributed by atoms with Gasteiger partial charge >= 0.3 is 0 Å². The number of carbonyl (C=O) groups excluding carboxylic acids is 1. The molecule has 1 amide bonds. The number of amides is 1. The Labute approximate surface area is 129 Å². The highest BCUT2D eigenvalue weighted by Crippen LogP contribution is 2.29. The Bertz CT molecular complexity index is 649. The number of aromatic nitrogens is 2. The fourth-order valence-corrected chi connectivity index (χ4v) is 2.01. The average molecular weight is 303 g/mol. The first-order chi connectivity index (χ1) is 10.4. The molecule has 6 heteroatoms. The van der Waals surface area contributed by atoms with Crippen LogP contribution in [-0.4, -0.2) is 30.1 Å². The first-order valence-electron chi connectivity index (χ1n) is 6.94. The van der Waals surface area contributed by atoms with Crippen molar-refractivity contribution in [2.24, 2.45) is 0 Å².